The maximum Gasteiger partial charge on any atom is 0.337 e. The summed E-state index contributed by atoms with van der Waals surface area (Å²) >= 11 is 10.8. The molecule has 27 heavy (non-hydrogen) atoms. The van der Waals surface area contributed by atoms with Gasteiger partial charge < -0.3 is 10.4 Å². The fourth-order valence-corrected chi connectivity index (χ4v) is 2.41. The zero-order valence-corrected chi connectivity index (χ0v) is 15.1. The van der Waals surface area contributed by atoms with E-state index in [4.69, 9.17) is 28.9 Å². The van der Waals surface area contributed by atoms with Crippen LogP contribution in [0.15, 0.2) is 48.5 Å². The number of anilines is 1. The average Bonchev–Trinajstić information content (AvgIpc) is 2.61. The smallest absolute Gasteiger partial charge is 0.337 e. The highest BCUT2D eigenvalue weighted by Gasteiger charge is 2.12. The van der Waals surface area contributed by atoms with E-state index in [0.717, 1.165) is 6.08 Å². The molecule has 0 aromatic heterocycles. The molecule has 0 heterocycles. The van der Waals surface area contributed by atoms with Crippen molar-refractivity contribution < 1.29 is 19.6 Å². The minimum Gasteiger partial charge on any atom is -0.478 e. The van der Waals surface area contributed by atoms with Gasteiger partial charge in [0.25, 0.3) is 5.69 Å². The van der Waals surface area contributed by atoms with Crippen molar-refractivity contribution in [3.8, 4) is 0 Å². The van der Waals surface area contributed by atoms with Gasteiger partial charge in [-0.1, -0.05) is 23.7 Å². The number of hydrogen-bond donors (Lipinski definition) is 3. The first kappa shape index (κ1) is 20.0. The van der Waals surface area contributed by atoms with Crippen LogP contribution in [0.1, 0.15) is 15.9 Å². The molecule has 0 saturated carbocycles. The first-order valence-corrected chi connectivity index (χ1v) is 8.12. The summed E-state index contributed by atoms with van der Waals surface area (Å²) < 4.78 is 0. The van der Waals surface area contributed by atoms with Crippen molar-refractivity contribution in [1.82, 2.24) is 5.32 Å². The molecule has 3 N–H and O–H groups in total. The molecule has 2 aromatic rings. The molecule has 0 aliphatic carbocycles. The van der Waals surface area contributed by atoms with Gasteiger partial charge in [-0.3, -0.25) is 20.2 Å². The Labute approximate surface area is 163 Å². The maximum atomic E-state index is 11.9. The van der Waals surface area contributed by atoms with Gasteiger partial charge in [0.1, 0.15) is 0 Å². The van der Waals surface area contributed by atoms with Crippen LogP contribution in [0.2, 0.25) is 5.02 Å². The van der Waals surface area contributed by atoms with Crippen LogP contribution < -0.4 is 10.6 Å². The van der Waals surface area contributed by atoms with E-state index in [-0.39, 0.29) is 27.1 Å². The van der Waals surface area contributed by atoms with Gasteiger partial charge in [-0.05, 0) is 42.1 Å². The first-order chi connectivity index (χ1) is 12.8. The molecule has 1 amide bonds. The minimum atomic E-state index is -1.21. The molecule has 0 aliphatic heterocycles. The second-order valence-corrected chi connectivity index (χ2v) is 5.97. The fraction of sp³-hybridized carbons (Fsp3) is 0. The number of non-ortho nitro benzene ring substituents is 1. The first-order valence-electron chi connectivity index (χ1n) is 7.33. The Hall–Kier alpha value is -3.30. The third kappa shape index (κ3) is 5.87. The molecule has 138 valence electrons. The number of carbonyl (C=O) groups is 2. The van der Waals surface area contributed by atoms with Crippen LogP contribution in [0, 0.1) is 10.1 Å². The molecular weight excluding hydrogens is 394 g/mol. The van der Waals surface area contributed by atoms with Gasteiger partial charge in [0.2, 0.25) is 5.91 Å². The van der Waals surface area contributed by atoms with Crippen LogP contribution in [-0.4, -0.2) is 27.0 Å². The summed E-state index contributed by atoms with van der Waals surface area (Å²) in [5, 5.41) is 25.0. The van der Waals surface area contributed by atoms with Gasteiger partial charge in [-0.25, -0.2) is 4.79 Å². The van der Waals surface area contributed by atoms with Crippen molar-refractivity contribution in [1.29, 1.82) is 0 Å². The Balaban J connectivity index is 2.02. The number of rotatable bonds is 5. The summed E-state index contributed by atoms with van der Waals surface area (Å²) in [7, 11) is 0. The van der Waals surface area contributed by atoms with Gasteiger partial charge in [-0.15, -0.1) is 0 Å². The second-order valence-electron chi connectivity index (χ2n) is 5.12. The number of aromatic carboxylic acids is 1. The number of nitro groups is 1. The molecule has 2 rings (SSSR count). The van der Waals surface area contributed by atoms with Crippen LogP contribution in [0.4, 0.5) is 11.4 Å². The number of thiocarbonyl (C=S) groups is 1. The average molecular weight is 406 g/mol. The number of nitro benzene ring substituents is 1. The molecule has 2 aromatic carbocycles. The van der Waals surface area contributed by atoms with Gasteiger partial charge in [0.05, 0.1) is 16.2 Å². The Morgan fingerprint density at radius 3 is 2.63 bits per heavy atom. The number of halogens is 1. The number of carbonyl (C=O) groups excluding carboxylic acids is 1. The number of amides is 1. The lowest BCUT2D eigenvalue weighted by Crippen LogP contribution is -2.33. The number of hydrogen-bond acceptors (Lipinski definition) is 5. The van der Waals surface area contributed by atoms with Crippen molar-refractivity contribution in [2.45, 2.75) is 0 Å². The summed E-state index contributed by atoms with van der Waals surface area (Å²) in [5.74, 6) is -1.80. The van der Waals surface area contributed by atoms with Gasteiger partial charge in [0.15, 0.2) is 5.11 Å². The van der Waals surface area contributed by atoms with Crippen LogP contribution in [-0.2, 0) is 4.79 Å². The zero-order valence-electron chi connectivity index (χ0n) is 13.5. The Kier molecular flexibility index (Phi) is 6.58. The third-order valence-corrected chi connectivity index (χ3v) is 3.64. The lowest BCUT2D eigenvalue weighted by Gasteiger charge is -2.11. The lowest BCUT2D eigenvalue weighted by atomic mass is 10.2. The number of carboxylic acid groups (broad SMARTS) is 1. The lowest BCUT2D eigenvalue weighted by molar-refractivity contribution is -0.384. The highest BCUT2D eigenvalue weighted by molar-refractivity contribution is 7.80. The molecule has 8 nitrogen and oxygen atoms in total. The summed E-state index contributed by atoms with van der Waals surface area (Å²) in [5.41, 5.74) is 0.425. The van der Waals surface area contributed by atoms with E-state index in [1.54, 1.807) is 6.07 Å². The van der Waals surface area contributed by atoms with Gasteiger partial charge in [-0.2, -0.15) is 0 Å². The van der Waals surface area contributed by atoms with E-state index in [2.05, 4.69) is 10.6 Å². The number of benzene rings is 2. The molecule has 0 unspecified atom stereocenters. The predicted octanol–water partition coefficient (Wildman–Crippen LogP) is 3.47. The SMILES string of the molecule is O=C(/C=C/c1cccc([N+](=O)[O-])c1)NC(=S)Nc1ccc(Cl)cc1C(=O)O. The standard InChI is InChI=1S/C17H12ClN3O5S/c18-11-5-6-14(13(9-11)16(23)24)19-17(27)20-15(22)7-4-10-2-1-3-12(8-10)21(25)26/h1-9H,(H,23,24)(H2,19,20,22,27)/b7-4+. The van der Waals surface area contributed by atoms with Crippen LogP contribution in [0.25, 0.3) is 6.08 Å². The van der Waals surface area contributed by atoms with E-state index in [1.165, 1.54) is 42.5 Å². The highest BCUT2D eigenvalue weighted by Crippen LogP contribution is 2.20. The predicted molar refractivity (Wildman–Crippen MR) is 105 cm³/mol. The summed E-state index contributed by atoms with van der Waals surface area (Å²) in [4.78, 5) is 33.3. The molecule has 0 atom stereocenters. The van der Waals surface area contributed by atoms with Crippen LogP contribution >= 0.6 is 23.8 Å². The maximum absolute atomic E-state index is 11.9. The quantitative estimate of drug-likeness (QED) is 0.301. The third-order valence-electron chi connectivity index (χ3n) is 3.21. The largest absolute Gasteiger partial charge is 0.478 e. The van der Waals surface area contributed by atoms with Crippen molar-refractivity contribution in [3.63, 3.8) is 0 Å². The summed E-state index contributed by atoms with van der Waals surface area (Å²) in [6.07, 6.45) is 2.53. The number of carboxylic acids is 1. The molecule has 0 spiro atoms. The van der Waals surface area contributed by atoms with Crippen molar-refractivity contribution >= 4 is 58.3 Å². The fourth-order valence-electron chi connectivity index (χ4n) is 2.02. The zero-order chi connectivity index (χ0) is 20.0. The molecule has 0 radical (unpaired) electrons. The highest BCUT2D eigenvalue weighted by atomic mass is 35.5. The molecule has 0 bridgehead atoms. The number of nitrogens with one attached hydrogen (secondary N) is 2. The minimum absolute atomic E-state index is 0.0984. The molecule has 10 heteroatoms. The molecular formula is C17H12ClN3O5S. The normalized spacial score (nSPS) is 10.4. The monoisotopic (exact) mass is 405 g/mol. The van der Waals surface area contributed by atoms with Gasteiger partial charge >= 0.3 is 5.97 Å². The van der Waals surface area contributed by atoms with Gasteiger partial charge in [0, 0.05) is 23.2 Å². The van der Waals surface area contributed by atoms with Crippen molar-refractivity contribution in [3.05, 3.63) is 74.8 Å². The number of nitrogens with zero attached hydrogens (tertiary/aromatic N) is 1. The van der Waals surface area contributed by atoms with Crippen molar-refractivity contribution in [2.75, 3.05) is 5.32 Å². The van der Waals surface area contributed by atoms with Crippen LogP contribution in [0.3, 0.4) is 0 Å². The topological polar surface area (TPSA) is 122 Å². The second kappa shape index (κ2) is 8.88. The molecule has 0 aliphatic rings. The summed E-state index contributed by atoms with van der Waals surface area (Å²) in [6, 6.07) is 9.89. The Morgan fingerprint density at radius 1 is 1.22 bits per heavy atom. The van der Waals surface area contributed by atoms with E-state index >= 15 is 0 Å². The van der Waals surface area contributed by atoms with E-state index in [9.17, 15) is 19.7 Å². The van der Waals surface area contributed by atoms with Crippen molar-refractivity contribution in [2.24, 2.45) is 0 Å². The Bertz CT molecular complexity index is 961. The van der Waals surface area contributed by atoms with E-state index < -0.39 is 16.8 Å². The molecule has 0 fully saturated rings. The molecule has 0 saturated heterocycles. The van der Waals surface area contributed by atoms with E-state index in [0.29, 0.717) is 5.56 Å². The summed E-state index contributed by atoms with van der Waals surface area (Å²) in [6.45, 7) is 0. The van der Waals surface area contributed by atoms with E-state index in [1.807, 2.05) is 0 Å². The Morgan fingerprint density at radius 2 is 1.96 bits per heavy atom. The van der Waals surface area contributed by atoms with Crippen LogP contribution in [0.5, 0.6) is 0 Å².